The van der Waals surface area contributed by atoms with Gasteiger partial charge in [-0.1, -0.05) is 0 Å². The van der Waals surface area contributed by atoms with E-state index in [1.165, 1.54) is 0 Å². The van der Waals surface area contributed by atoms with E-state index in [-0.39, 0.29) is 12.0 Å². The van der Waals surface area contributed by atoms with E-state index in [0.29, 0.717) is 6.61 Å². The number of carbonyl (C=O) groups is 1. The second-order valence-electron chi connectivity index (χ2n) is 4.19. The van der Waals surface area contributed by atoms with E-state index in [0.717, 1.165) is 44.8 Å². The molecule has 0 aliphatic carbocycles. The molecule has 0 spiro atoms. The first-order chi connectivity index (χ1) is 8.29. The number of esters is 1. The van der Waals surface area contributed by atoms with Crippen LogP contribution in [0.3, 0.4) is 0 Å². The van der Waals surface area contributed by atoms with Crippen LogP contribution in [0, 0.1) is 0 Å². The smallest absolute Gasteiger partial charge is 0.323 e. The first-order valence-corrected chi connectivity index (χ1v) is 7.79. The highest BCUT2D eigenvalue weighted by Gasteiger charge is 2.27. The van der Waals surface area contributed by atoms with Crippen molar-refractivity contribution < 1.29 is 9.53 Å². The Morgan fingerprint density at radius 3 is 2.76 bits per heavy atom. The summed E-state index contributed by atoms with van der Waals surface area (Å²) >= 11 is 1.83. The average molecular weight is 260 g/mol. The highest BCUT2D eigenvalue weighted by Crippen LogP contribution is 2.12. The summed E-state index contributed by atoms with van der Waals surface area (Å²) in [6.07, 6.45) is 4.10. The Kier molecular flexibility index (Phi) is 7.64. The summed E-state index contributed by atoms with van der Waals surface area (Å²) in [5.41, 5.74) is 0. The van der Waals surface area contributed by atoms with Gasteiger partial charge in [-0.15, -0.1) is 0 Å². The van der Waals surface area contributed by atoms with Crippen LogP contribution in [0.2, 0.25) is 0 Å². The summed E-state index contributed by atoms with van der Waals surface area (Å²) in [5, 5.41) is 3.31. The third kappa shape index (κ3) is 5.27. The minimum Gasteiger partial charge on any atom is -0.465 e. The predicted molar refractivity (Wildman–Crippen MR) is 72.5 cm³/mol. The molecule has 1 aliphatic heterocycles. The molecule has 0 bridgehead atoms. The van der Waals surface area contributed by atoms with Gasteiger partial charge in [0.05, 0.1) is 6.61 Å². The topological polar surface area (TPSA) is 41.6 Å². The van der Waals surface area contributed by atoms with Gasteiger partial charge in [0.25, 0.3) is 0 Å². The molecule has 0 aromatic carbocycles. The van der Waals surface area contributed by atoms with E-state index in [4.69, 9.17) is 4.74 Å². The van der Waals surface area contributed by atoms with Crippen LogP contribution in [0.5, 0.6) is 0 Å². The van der Waals surface area contributed by atoms with Crippen molar-refractivity contribution in [2.24, 2.45) is 0 Å². The molecule has 1 N–H and O–H groups in total. The normalized spacial score (nSPS) is 18.9. The molecule has 1 aliphatic rings. The van der Waals surface area contributed by atoms with E-state index in [1.54, 1.807) is 0 Å². The minimum atomic E-state index is -0.0458. The Morgan fingerprint density at radius 1 is 1.47 bits per heavy atom. The Labute approximate surface area is 108 Å². The fourth-order valence-corrected chi connectivity index (χ4v) is 2.56. The van der Waals surface area contributed by atoms with Crippen LogP contribution in [0.1, 0.15) is 19.8 Å². The van der Waals surface area contributed by atoms with E-state index in [2.05, 4.69) is 16.5 Å². The summed E-state index contributed by atoms with van der Waals surface area (Å²) in [6.45, 7) is 6.18. The van der Waals surface area contributed by atoms with Crippen molar-refractivity contribution in [1.82, 2.24) is 10.2 Å². The zero-order valence-corrected chi connectivity index (χ0v) is 11.7. The SMILES string of the molecule is CCOC(=O)C(CCCSC)N1CCNCC1. The standard InChI is InChI=1S/C12H24N2O2S/c1-3-16-12(15)11(5-4-10-17-2)14-8-6-13-7-9-14/h11,13H,3-10H2,1-2H3. The van der Waals surface area contributed by atoms with Crippen molar-refractivity contribution in [3.05, 3.63) is 0 Å². The third-order valence-corrected chi connectivity index (χ3v) is 3.67. The van der Waals surface area contributed by atoms with Crippen LogP contribution in [0.4, 0.5) is 0 Å². The number of hydrogen-bond donors (Lipinski definition) is 1. The maximum Gasteiger partial charge on any atom is 0.323 e. The second-order valence-corrected chi connectivity index (χ2v) is 5.17. The summed E-state index contributed by atoms with van der Waals surface area (Å²) in [4.78, 5) is 14.2. The molecule has 1 rings (SSSR count). The van der Waals surface area contributed by atoms with Gasteiger partial charge in [-0.05, 0) is 31.8 Å². The fourth-order valence-electron chi connectivity index (χ4n) is 2.10. The molecule has 100 valence electrons. The van der Waals surface area contributed by atoms with Crippen molar-refractivity contribution in [1.29, 1.82) is 0 Å². The molecule has 1 fully saturated rings. The molecular formula is C12H24N2O2S. The van der Waals surface area contributed by atoms with Gasteiger partial charge in [-0.2, -0.15) is 11.8 Å². The highest BCUT2D eigenvalue weighted by atomic mass is 32.2. The molecule has 5 heteroatoms. The molecule has 0 radical (unpaired) electrons. The maximum absolute atomic E-state index is 11.9. The van der Waals surface area contributed by atoms with Gasteiger partial charge in [0.15, 0.2) is 0 Å². The van der Waals surface area contributed by atoms with Crippen LogP contribution in [0.15, 0.2) is 0 Å². The summed E-state index contributed by atoms with van der Waals surface area (Å²) in [5.74, 6) is 1.07. The van der Waals surface area contributed by atoms with Gasteiger partial charge >= 0.3 is 5.97 Å². The van der Waals surface area contributed by atoms with Gasteiger partial charge in [-0.25, -0.2) is 0 Å². The van der Waals surface area contributed by atoms with Gasteiger partial charge in [-0.3, -0.25) is 9.69 Å². The molecule has 17 heavy (non-hydrogen) atoms. The number of nitrogens with one attached hydrogen (secondary N) is 1. The summed E-state index contributed by atoms with van der Waals surface area (Å²) in [6, 6.07) is -0.0378. The highest BCUT2D eigenvalue weighted by molar-refractivity contribution is 7.98. The molecule has 0 aromatic heterocycles. The largest absolute Gasteiger partial charge is 0.465 e. The molecule has 0 amide bonds. The molecule has 1 heterocycles. The van der Waals surface area contributed by atoms with Crippen molar-refractivity contribution in [2.45, 2.75) is 25.8 Å². The third-order valence-electron chi connectivity index (χ3n) is 2.98. The predicted octanol–water partition coefficient (Wildman–Crippen LogP) is 0.966. The van der Waals surface area contributed by atoms with Crippen molar-refractivity contribution in [3.8, 4) is 0 Å². The molecule has 4 nitrogen and oxygen atoms in total. The zero-order chi connectivity index (χ0) is 12.5. The monoisotopic (exact) mass is 260 g/mol. The molecule has 1 atom stereocenters. The summed E-state index contributed by atoms with van der Waals surface area (Å²) in [7, 11) is 0. The molecule has 0 aromatic rings. The zero-order valence-electron chi connectivity index (χ0n) is 10.9. The quantitative estimate of drug-likeness (QED) is 0.545. The maximum atomic E-state index is 11.9. The summed E-state index contributed by atoms with van der Waals surface area (Å²) < 4.78 is 5.18. The van der Waals surface area contributed by atoms with E-state index in [1.807, 2.05) is 18.7 Å². The number of nitrogens with zero attached hydrogens (tertiary/aromatic N) is 1. The van der Waals surface area contributed by atoms with Gasteiger partial charge in [0.1, 0.15) is 6.04 Å². The fraction of sp³-hybridized carbons (Fsp3) is 0.917. The number of thioether (sulfide) groups is 1. The first kappa shape index (κ1) is 14.8. The lowest BCUT2D eigenvalue weighted by Crippen LogP contribution is -2.51. The lowest BCUT2D eigenvalue weighted by atomic mass is 10.1. The average Bonchev–Trinajstić information content (AvgIpc) is 2.36. The Balaban J connectivity index is 2.47. The van der Waals surface area contributed by atoms with E-state index < -0.39 is 0 Å². The Bertz CT molecular complexity index is 221. The van der Waals surface area contributed by atoms with Crippen LogP contribution in [-0.2, 0) is 9.53 Å². The number of carbonyl (C=O) groups excluding carboxylic acids is 1. The van der Waals surface area contributed by atoms with Gasteiger partial charge in [0, 0.05) is 26.2 Å². The Hall–Kier alpha value is -0.260. The number of piperazine rings is 1. The van der Waals surface area contributed by atoms with Crippen LogP contribution in [-0.4, -0.2) is 61.7 Å². The number of hydrogen-bond acceptors (Lipinski definition) is 5. The molecular weight excluding hydrogens is 236 g/mol. The Morgan fingerprint density at radius 2 is 2.18 bits per heavy atom. The van der Waals surface area contributed by atoms with Crippen molar-refractivity contribution >= 4 is 17.7 Å². The van der Waals surface area contributed by atoms with Gasteiger partial charge in [0.2, 0.25) is 0 Å². The van der Waals surface area contributed by atoms with E-state index in [9.17, 15) is 4.79 Å². The van der Waals surface area contributed by atoms with E-state index >= 15 is 0 Å². The number of rotatable bonds is 7. The van der Waals surface area contributed by atoms with Crippen LogP contribution in [0.25, 0.3) is 0 Å². The molecule has 0 saturated carbocycles. The number of ether oxygens (including phenoxy) is 1. The van der Waals surface area contributed by atoms with Crippen LogP contribution < -0.4 is 5.32 Å². The lowest BCUT2D eigenvalue weighted by Gasteiger charge is -2.33. The first-order valence-electron chi connectivity index (χ1n) is 6.40. The molecule has 1 unspecified atom stereocenters. The van der Waals surface area contributed by atoms with Crippen molar-refractivity contribution in [2.75, 3.05) is 44.8 Å². The minimum absolute atomic E-state index is 0.0378. The van der Waals surface area contributed by atoms with Crippen molar-refractivity contribution in [3.63, 3.8) is 0 Å². The molecule has 1 saturated heterocycles. The second kappa shape index (κ2) is 8.78. The van der Waals surface area contributed by atoms with Crippen LogP contribution >= 0.6 is 11.8 Å². The lowest BCUT2D eigenvalue weighted by molar-refractivity contribution is -0.150. The van der Waals surface area contributed by atoms with Gasteiger partial charge < -0.3 is 10.1 Å².